The molecule has 0 radical (unpaired) electrons. The molecule has 1 fully saturated rings. The summed E-state index contributed by atoms with van der Waals surface area (Å²) < 4.78 is 32.2. The van der Waals surface area contributed by atoms with Crippen molar-refractivity contribution in [3.63, 3.8) is 0 Å². The first kappa shape index (κ1) is 16.7. The molecule has 0 bridgehead atoms. The molecular weight excluding hydrogens is 312 g/mol. The number of likely N-dealkylation sites (tertiary alicyclic amines) is 1. The Balaban J connectivity index is 1.45. The summed E-state index contributed by atoms with van der Waals surface area (Å²) >= 11 is 0. The second kappa shape index (κ2) is 7.20. The Kier molecular flexibility index (Phi) is 5.24. The zero-order valence-electron chi connectivity index (χ0n) is 13.8. The van der Waals surface area contributed by atoms with Crippen LogP contribution in [0.15, 0.2) is 18.2 Å². The van der Waals surface area contributed by atoms with Gasteiger partial charge in [-0.25, -0.2) is 13.1 Å². The van der Waals surface area contributed by atoms with Crippen molar-refractivity contribution in [2.75, 3.05) is 32.8 Å². The van der Waals surface area contributed by atoms with E-state index in [0.29, 0.717) is 13.1 Å². The number of benzene rings is 1. The van der Waals surface area contributed by atoms with Gasteiger partial charge in [-0.1, -0.05) is 19.1 Å². The van der Waals surface area contributed by atoms with E-state index in [1.807, 2.05) is 6.92 Å². The molecule has 0 aromatic heterocycles. The number of hydrogen-bond donors (Lipinski definition) is 1. The van der Waals surface area contributed by atoms with Crippen molar-refractivity contribution >= 4 is 10.0 Å². The molecular formula is C17H26N2O3S. The van der Waals surface area contributed by atoms with E-state index in [4.69, 9.17) is 4.74 Å². The Labute approximate surface area is 139 Å². The fourth-order valence-electron chi connectivity index (χ4n) is 3.47. The van der Waals surface area contributed by atoms with Gasteiger partial charge in [0.2, 0.25) is 10.0 Å². The minimum absolute atomic E-state index is 0.250. The molecule has 0 unspecified atom stereocenters. The van der Waals surface area contributed by atoms with Gasteiger partial charge >= 0.3 is 0 Å². The molecule has 1 aromatic carbocycles. The van der Waals surface area contributed by atoms with Crippen molar-refractivity contribution in [2.45, 2.75) is 37.9 Å². The largest absolute Gasteiger partial charge is 0.493 e. The van der Waals surface area contributed by atoms with Gasteiger partial charge in [-0.3, -0.25) is 0 Å². The summed E-state index contributed by atoms with van der Waals surface area (Å²) in [4.78, 5) is 2.27. The maximum absolute atomic E-state index is 12.0. The molecule has 2 heterocycles. The third kappa shape index (κ3) is 4.05. The topological polar surface area (TPSA) is 58.6 Å². The number of sulfonamides is 1. The lowest BCUT2D eigenvalue weighted by molar-refractivity contribution is 0.334. The lowest BCUT2D eigenvalue weighted by Gasteiger charge is -2.16. The van der Waals surface area contributed by atoms with Crippen LogP contribution < -0.4 is 9.46 Å². The van der Waals surface area contributed by atoms with Crippen LogP contribution in [0.4, 0.5) is 0 Å². The van der Waals surface area contributed by atoms with Gasteiger partial charge in [0, 0.05) is 19.5 Å². The molecule has 23 heavy (non-hydrogen) atoms. The fourth-order valence-corrected chi connectivity index (χ4v) is 4.94. The van der Waals surface area contributed by atoms with E-state index in [0.717, 1.165) is 51.1 Å². The van der Waals surface area contributed by atoms with Crippen molar-refractivity contribution in [1.82, 2.24) is 9.62 Å². The van der Waals surface area contributed by atoms with Crippen molar-refractivity contribution in [3.8, 4) is 5.75 Å². The van der Waals surface area contributed by atoms with E-state index in [-0.39, 0.29) is 5.25 Å². The molecule has 1 atom stereocenters. The van der Waals surface area contributed by atoms with Crippen LogP contribution in [0.25, 0.3) is 0 Å². The fraction of sp³-hybridized carbons (Fsp3) is 0.647. The molecule has 2 aliphatic heterocycles. The molecule has 6 heteroatoms. The highest BCUT2D eigenvalue weighted by atomic mass is 32.2. The standard InChI is InChI=1S/C17H26N2O3S/c1-2-18-23(20,21)16-7-10-19(13-16)9-3-4-14-5-6-17-15(12-14)8-11-22-17/h5-6,12,16,18H,2-4,7-11,13H2,1H3/t16-/m1/s1. The van der Waals surface area contributed by atoms with Crippen LogP contribution in [0.5, 0.6) is 5.75 Å². The smallest absolute Gasteiger partial charge is 0.215 e. The molecule has 3 rings (SSSR count). The van der Waals surface area contributed by atoms with Crippen LogP contribution in [0, 0.1) is 0 Å². The Morgan fingerprint density at radius 3 is 3.09 bits per heavy atom. The predicted octanol–water partition coefficient (Wildman–Crippen LogP) is 1.57. The molecule has 1 N–H and O–H groups in total. The predicted molar refractivity (Wildman–Crippen MR) is 91.4 cm³/mol. The Morgan fingerprint density at radius 2 is 2.26 bits per heavy atom. The van der Waals surface area contributed by atoms with E-state index >= 15 is 0 Å². The molecule has 0 spiro atoms. The zero-order valence-corrected chi connectivity index (χ0v) is 14.6. The molecule has 128 valence electrons. The first-order valence-electron chi connectivity index (χ1n) is 8.54. The number of fused-ring (bicyclic) bond motifs is 1. The van der Waals surface area contributed by atoms with Gasteiger partial charge in [-0.15, -0.1) is 0 Å². The number of ether oxygens (including phenoxy) is 1. The van der Waals surface area contributed by atoms with Gasteiger partial charge in [-0.05, 0) is 49.5 Å². The highest BCUT2D eigenvalue weighted by Gasteiger charge is 2.32. The van der Waals surface area contributed by atoms with E-state index in [1.165, 1.54) is 11.1 Å². The second-order valence-corrected chi connectivity index (χ2v) is 8.44. The van der Waals surface area contributed by atoms with Crippen molar-refractivity contribution in [1.29, 1.82) is 0 Å². The summed E-state index contributed by atoms with van der Waals surface area (Å²) in [7, 11) is -3.13. The minimum Gasteiger partial charge on any atom is -0.493 e. The molecule has 5 nitrogen and oxygen atoms in total. The quantitative estimate of drug-likeness (QED) is 0.820. The summed E-state index contributed by atoms with van der Waals surface area (Å²) in [5.74, 6) is 1.03. The maximum atomic E-state index is 12.0. The summed E-state index contributed by atoms with van der Waals surface area (Å²) in [5.41, 5.74) is 2.67. The lowest BCUT2D eigenvalue weighted by Crippen LogP contribution is -2.36. The monoisotopic (exact) mass is 338 g/mol. The van der Waals surface area contributed by atoms with Crippen LogP contribution in [-0.2, 0) is 22.9 Å². The SMILES string of the molecule is CCNS(=O)(=O)[C@@H]1CCN(CCCc2ccc3c(c2)CCO3)C1. The van der Waals surface area contributed by atoms with Gasteiger partial charge in [0.1, 0.15) is 5.75 Å². The average Bonchev–Trinajstić information content (AvgIpc) is 3.15. The van der Waals surface area contributed by atoms with Crippen LogP contribution in [-0.4, -0.2) is 51.4 Å². The summed E-state index contributed by atoms with van der Waals surface area (Å²) in [6.07, 6.45) is 3.85. The Hall–Kier alpha value is -1.11. The first-order chi connectivity index (χ1) is 11.1. The van der Waals surface area contributed by atoms with E-state index in [9.17, 15) is 8.42 Å². The maximum Gasteiger partial charge on any atom is 0.215 e. The number of nitrogens with one attached hydrogen (secondary N) is 1. The normalized spacial score (nSPS) is 21.3. The van der Waals surface area contributed by atoms with Crippen LogP contribution in [0.3, 0.4) is 0 Å². The molecule has 2 aliphatic rings. The van der Waals surface area contributed by atoms with E-state index in [2.05, 4.69) is 27.8 Å². The van der Waals surface area contributed by atoms with Crippen molar-refractivity contribution in [2.24, 2.45) is 0 Å². The number of hydrogen-bond acceptors (Lipinski definition) is 4. The highest BCUT2D eigenvalue weighted by Crippen LogP contribution is 2.26. The average molecular weight is 338 g/mol. The molecule has 0 aliphatic carbocycles. The van der Waals surface area contributed by atoms with E-state index < -0.39 is 10.0 Å². The summed E-state index contributed by atoms with van der Waals surface area (Å²) in [5, 5.41) is -0.250. The molecule has 0 saturated carbocycles. The molecule has 0 amide bonds. The highest BCUT2D eigenvalue weighted by molar-refractivity contribution is 7.90. The number of nitrogens with zero attached hydrogens (tertiary/aromatic N) is 1. The minimum atomic E-state index is -3.13. The van der Waals surface area contributed by atoms with Gasteiger partial charge < -0.3 is 9.64 Å². The molecule has 1 saturated heterocycles. The Morgan fingerprint density at radius 1 is 1.39 bits per heavy atom. The first-order valence-corrected chi connectivity index (χ1v) is 10.1. The summed E-state index contributed by atoms with van der Waals surface area (Å²) in [6.45, 7) is 5.60. The second-order valence-electron chi connectivity index (χ2n) is 6.40. The number of aryl methyl sites for hydroxylation is 1. The molecule has 1 aromatic rings. The van der Waals surface area contributed by atoms with Crippen molar-refractivity contribution in [3.05, 3.63) is 29.3 Å². The lowest BCUT2D eigenvalue weighted by atomic mass is 10.0. The third-order valence-corrected chi connectivity index (χ3v) is 6.66. The third-order valence-electron chi connectivity index (χ3n) is 4.71. The van der Waals surface area contributed by atoms with Crippen molar-refractivity contribution < 1.29 is 13.2 Å². The van der Waals surface area contributed by atoms with E-state index in [1.54, 1.807) is 0 Å². The summed E-state index contributed by atoms with van der Waals surface area (Å²) in [6, 6.07) is 6.48. The van der Waals surface area contributed by atoms with Gasteiger partial charge in [0.05, 0.1) is 11.9 Å². The van der Waals surface area contributed by atoms with Gasteiger partial charge in [0.15, 0.2) is 0 Å². The Bertz CT molecular complexity index is 645. The number of rotatable bonds is 7. The van der Waals surface area contributed by atoms with Crippen LogP contribution in [0.1, 0.15) is 30.9 Å². The zero-order chi connectivity index (χ0) is 16.3. The van der Waals surface area contributed by atoms with Crippen LogP contribution in [0.2, 0.25) is 0 Å². The van der Waals surface area contributed by atoms with Gasteiger partial charge in [0.25, 0.3) is 0 Å². The van der Waals surface area contributed by atoms with Gasteiger partial charge in [-0.2, -0.15) is 0 Å². The van der Waals surface area contributed by atoms with Crippen LogP contribution >= 0.6 is 0 Å².